The van der Waals surface area contributed by atoms with Crippen LogP contribution in [0.15, 0.2) is 30.5 Å². The maximum absolute atomic E-state index is 15.0. The molecule has 2 N–H and O–H groups in total. The average Bonchev–Trinajstić information content (AvgIpc) is 3.50. The van der Waals surface area contributed by atoms with Gasteiger partial charge in [-0.2, -0.15) is 0 Å². The Labute approximate surface area is 166 Å². The van der Waals surface area contributed by atoms with Gasteiger partial charge in [-0.05, 0) is 57.9 Å². The summed E-state index contributed by atoms with van der Waals surface area (Å²) in [5.41, 5.74) is 8.87. The van der Waals surface area contributed by atoms with E-state index in [0.29, 0.717) is 47.3 Å². The van der Waals surface area contributed by atoms with Crippen LogP contribution < -0.4 is 15.4 Å². The number of nitrogen functional groups attached to an aromatic ring is 1. The van der Waals surface area contributed by atoms with Crippen molar-refractivity contribution in [1.29, 1.82) is 0 Å². The fourth-order valence-corrected chi connectivity index (χ4v) is 3.79. The molecule has 0 spiro atoms. The van der Waals surface area contributed by atoms with Crippen LogP contribution in [-0.2, 0) is 0 Å². The third-order valence-electron chi connectivity index (χ3n) is 6.03. The van der Waals surface area contributed by atoms with Gasteiger partial charge < -0.3 is 15.4 Å². The highest BCUT2D eigenvalue weighted by Gasteiger charge is 2.28. The summed E-state index contributed by atoms with van der Waals surface area (Å²) in [4.78, 5) is 8.85. The average molecular weight is 384 g/mol. The zero-order chi connectivity index (χ0) is 19.8. The second kappa shape index (κ2) is 7.59. The molecule has 1 saturated carbocycles. The van der Waals surface area contributed by atoms with E-state index in [1.807, 2.05) is 6.07 Å². The molecule has 2 heterocycles. The molecule has 2 atom stereocenters. The molecule has 5 nitrogen and oxygen atoms in total. The minimum absolute atomic E-state index is 0.281. The molecule has 0 bridgehead atoms. The lowest BCUT2D eigenvalue weighted by atomic mass is 10.0. The van der Waals surface area contributed by atoms with Gasteiger partial charge in [0.25, 0.3) is 0 Å². The van der Waals surface area contributed by atoms with Gasteiger partial charge in [0.1, 0.15) is 5.82 Å². The van der Waals surface area contributed by atoms with E-state index in [-0.39, 0.29) is 5.82 Å². The molecule has 28 heavy (non-hydrogen) atoms. The second-order valence-electron chi connectivity index (χ2n) is 8.30. The summed E-state index contributed by atoms with van der Waals surface area (Å²) < 4.78 is 20.6. The molecule has 2 aromatic rings. The largest absolute Gasteiger partial charge is 0.477 e. The smallest absolute Gasteiger partial charge is 0.213 e. The normalized spacial score (nSPS) is 23.1. The predicted octanol–water partition coefficient (Wildman–Crippen LogP) is 3.79. The molecule has 1 aromatic heterocycles. The number of anilines is 2. The van der Waals surface area contributed by atoms with Crippen LogP contribution in [0.1, 0.15) is 26.7 Å². The minimum Gasteiger partial charge on any atom is -0.477 e. The van der Waals surface area contributed by atoms with Crippen molar-refractivity contribution in [2.45, 2.75) is 38.8 Å². The highest BCUT2D eigenvalue weighted by atomic mass is 19.1. The maximum Gasteiger partial charge on any atom is 0.213 e. The van der Waals surface area contributed by atoms with Crippen molar-refractivity contribution in [3.05, 3.63) is 36.3 Å². The van der Waals surface area contributed by atoms with E-state index in [0.717, 1.165) is 18.8 Å². The fourth-order valence-electron chi connectivity index (χ4n) is 3.79. The number of piperazine rings is 1. The summed E-state index contributed by atoms with van der Waals surface area (Å²) in [6, 6.07) is 7.70. The highest BCUT2D eigenvalue weighted by Crippen LogP contribution is 2.34. The number of aromatic nitrogens is 1. The van der Waals surface area contributed by atoms with Crippen LogP contribution >= 0.6 is 0 Å². The van der Waals surface area contributed by atoms with Crippen LogP contribution in [0.4, 0.5) is 15.8 Å². The van der Waals surface area contributed by atoms with Crippen LogP contribution in [0.3, 0.4) is 0 Å². The van der Waals surface area contributed by atoms with E-state index in [4.69, 9.17) is 10.5 Å². The Hall–Kier alpha value is -2.34. The molecular formula is C22H29FN4O. The zero-order valence-corrected chi connectivity index (χ0v) is 16.9. The predicted molar refractivity (Wildman–Crippen MR) is 111 cm³/mol. The first-order valence-corrected chi connectivity index (χ1v) is 10.1. The molecular weight excluding hydrogens is 355 g/mol. The monoisotopic (exact) mass is 384 g/mol. The van der Waals surface area contributed by atoms with E-state index in [1.54, 1.807) is 24.4 Å². The first-order valence-electron chi connectivity index (χ1n) is 10.1. The molecule has 4 rings (SSSR count). The van der Waals surface area contributed by atoms with Crippen LogP contribution in [0.2, 0.25) is 0 Å². The molecule has 1 aromatic carbocycles. The summed E-state index contributed by atoms with van der Waals surface area (Å²) in [7, 11) is 2.13. The number of hydrogen-bond acceptors (Lipinski definition) is 5. The Kier molecular flexibility index (Phi) is 5.15. The highest BCUT2D eigenvalue weighted by molar-refractivity contribution is 5.77. The Morgan fingerprint density at radius 3 is 2.50 bits per heavy atom. The van der Waals surface area contributed by atoms with Gasteiger partial charge in [0, 0.05) is 48.6 Å². The summed E-state index contributed by atoms with van der Waals surface area (Å²) >= 11 is 0. The maximum atomic E-state index is 15.0. The first-order chi connectivity index (χ1) is 13.4. The number of ether oxygens (including phenoxy) is 1. The van der Waals surface area contributed by atoms with Crippen molar-refractivity contribution in [3.8, 4) is 17.0 Å². The lowest BCUT2D eigenvalue weighted by Crippen LogP contribution is -2.55. The minimum atomic E-state index is -0.281. The van der Waals surface area contributed by atoms with Gasteiger partial charge in [-0.3, -0.25) is 4.90 Å². The molecule has 0 amide bonds. The van der Waals surface area contributed by atoms with Crippen LogP contribution in [0, 0.1) is 11.7 Å². The second-order valence-corrected chi connectivity index (χ2v) is 8.30. The number of rotatable bonds is 5. The van der Waals surface area contributed by atoms with Crippen LogP contribution in [0.5, 0.6) is 5.88 Å². The van der Waals surface area contributed by atoms with E-state index in [9.17, 15) is 4.39 Å². The van der Waals surface area contributed by atoms with E-state index >= 15 is 0 Å². The summed E-state index contributed by atoms with van der Waals surface area (Å²) in [6.07, 6.45) is 4.12. The van der Waals surface area contributed by atoms with Gasteiger partial charge in [0.05, 0.1) is 18.0 Å². The first kappa shape index (κ1) is 19.0. The number of nitrogens with two attached hydrogens (primary N) is 1. The molecule has 2 fully saturated rings. The summed E-state index contributed by atoms with van der Waals surface area (Å²) in [5, 5.41) is 0. The molecule has 0 unspecified atom stereocenters. The van der Waals surface area contributed by atoms with Gasteiger partial charge in [0.15, 0.2) is 0 Å². The number of hydrogen-bond donors (Lipinski definition) is 1. The molecule has 0 radical (unpaired) electrons. The lowest BCUT2D eigenvalue weighted by molar-refractivity contribution is 0.170. The van der Waals surface area contributed by atoms with E-state index < -0.39 is 0 Å². The zero-order valence-electron chi connectivity index (χ0n) is 16.9. The third-order valence-corrected chi connectivity index (χ3v) is 6.03. The lowest BCUT2D eigenvalue weighted by Gasteiger charge is -2.43. The summed E-state index contributed by atoms with van der Waals surface area (Å²) in [5.74, 6) is 0.976. The van der Waals surface area contributed by atoms with Gasteiger partial charge in [-0.15, -0.1) is 0 Å². The third kappa shape index (κ3) is 3.92. The Morgan fingerprint density at radius 2 is 1.89 bits per heavy atom. The Morgan fingerprint density at radius 1 is 1.18 bits per heavy atom. The summed E-state index contributed by atoms with van der Waals surface area (Å²) in [6.45, 7) is 6.74. The number of nitrogens with zero attached hydrogens (tertiary/aromatic N) is 3. The van der Waals surface area contributed by atoms with Gasteiger partial charge in [-0.25, -0.2) is 9.37 Å². The Bertz CT molecular complexity index is 825. The van der Waals surface area contributed by atoms with Crippen molar-refractivity contribution in [1.82, 2.24) is 9.88 Å². The van der Waals surface area contributed by atoms with Crippen molar-refractivity contribution in [3.63, 3.8) is 0 Å². The topological polar surface area (TPSA) is 54.6 Å². The van der Waals surface area contributed by atoms with Gasteiger partial charge >= 0.3 is 0 Å². The molecule has 150 valence electrons. The molecule has 2 aliphatic rings. The molecule has 1 saturated heterocycles. The van der Waals surface area contributed by atoms with Gasteiger partial charge in [-0.1, -0.05) is 0 Å². The number of pyridine rings is 1. The molecule has 1 aliphatic carbocycles. The van der Waals surface area contributed by atoms with Crippen molar-refractivity contribution >= 4 is 11.4 Å². The van der Waals surface area contributed by atoms with Crippen LogP contribution in [-0.4, -0.2) is 48.7 Å². The fraction of sp³-hybridized carbons (Fsp3) is 0.500. The van der Waals surface area contributed by atoms with E-state index in [2.05, 4.69) is 35.7 Å². The number of halogens is 1. The molecule has 1 aliphatic heterocycles. The van der Waals surface area contributed by atoms with Crippen LogP contribution in [0.25, 0.3) is 11.1 Å². The van der Waals surface area contributed by atoms with E-state index in [1.165, 1.54) is 12.8 Å². The van der Waals surface area contributed by atoms with Crippen molar-refractivity contribution in [2.75, 3.05) is 37.4 Å². The van der Waals surface area contributed by atoms with Crippen molar-refractivity contribution < 1.29 is 9.13 Å². The quantitative estimate of drug-likeness (QED) is 0.795. The standard InChI is InChI=1S/C22H29FN4O/c1-14-11-27(12-15(2)26(14)3)21-9-19(23)18(8-20(21)24)17-6-7-22(25-10-17)28-13-16-4-5-16/h6-10,14-16H,4-5,11-13,24H2,1-3H3/t14-,15+. The van der Waals surface area contributed by atoms with Gasteiger partial charge in [0.2, 0.25) is 5.88 Å². The number of likely N-dealkylation sites (N-methyl/N-ethyl adjacent to an activating group) is 1. The Balaban J connectivity index is 1.53. The van der Waals surface area contributed by atoms with Crippen molar-refractivity contribution in [2.24, 2.45) is 5.92 Å². The number of benzene rings is 1. The SMILES string of the molecule is C[C@@H]1CN(c2cc(F)c(-c3ccc(OCC4CC4)nc3)cc2N)C[C@H](C)N1C. The molecule has 6 heteroatoms.